The topological polar surface area (TPSA) is 117 Å². The summed E-state index contributed by atoms with van der Waals surface area (Å²) in [5, 5.41) is 3.45. The summed E-state index contributed by atoms with van der Waals surface area (Å²) in [4.78, 5) is 32.4. The van der Waals surface area contributed by atoms with Gasteiger partial charge in [0.05, 0.1) is 6.54 Å². The van der Waals surface area contributed by atoms with Crippen molar-refractivity contribution in [2.24, 2.45) is 5.11 Å². The van der Waals surface area contributed by atoms with Gasteiger partial charge in [-0.05, 0) is 64.8 Å². The van der Waals surface area contributed by atoms with Crippen LogP contribution in [0.3, 0.4) is 0 Å². The third-order valence-electron chi connectivity index (χ3n) is 2.51. The van der Waals surface area contributed by atoms with E-state index in [1.165, 1.54) is 12.3 Å². The van der Waals surface area contributed by atoms with Gasteiger partial charge < -0.3 is 9.47 Å². The van der Waals surface area contributed by atoms with Gasteiger partial charge in [0, 0.05) is 11.1 Å². The molecule has 0 saturated heterocycles. The molecule has 136 valence electrons. The molecule has 0 aliphatic rings. The Balaban J connectivity index is 3.23. The number of hydrogen-bond donors (Lipinski definition) is 0. The van der Waals surface area contributed by atoms with Gasteiger partial charge in [-0.3, -0.25) is 0 Å². The zero-order chi connectivity index (χ0) is 19.3. The Labute approximate surface area is 146 Å². The van der Waals surface area contributed by atoms with Crippen LogP contribution in [0, 0.1) is 0 Å². The number of carbonyl (C=O) groups is 2. The lowest BCUT2D eigenvalue weighted by atomic mass is 10.2. The smallest absolute Gasteiger partial charge is 0.425 e. The van der Waals surface area contributed by atoms with Gasteiger partial charge >= 0.3 is 12.2 Å². The molecule has 9 heteroatoms. The first-order valence-corrected chi connectivity index (χ1v) is 7.65. The highest BCUT2D eigenvalue weighted by Gasteiger charge is 2.33. The predicted molar refractivity (Wildman–Crippen MR) is 92.0 cm³/mol. The first-order chi connectivity index (χ1) is 11.4. The van der Waals surface area contributed by atoms with Crippen LogP contribution < -0.4 is 4.90 Å². The number of hydrogen-bond acceptors (Lipinski definition) is 6. The molecule has 0 fully saturated rings. The number of pyridine rings is 1. The van der Waals surface area contributed by atoms with E-state index < -0.39 is 23.4 Å². The number of amides is 2. The number of rotatable bonds is 3. The molecule has 25 heavy (non-hydrogen) atoms. The van der Waals surface area contributed by atoms with Crippen LogP contribution in [0.5, 0.6) is 0 Å². The Bertz CT molecular complexity index is 657. The minimum absolute atomic E-state index is 0.0224. The van der Waals surface area contributed by atoms with Crippen molar-refractivity contribution >= 4 is 18.0 Å². The second-order valence-electron chi connectivity index (χ2n) is 7.21. The van der Waals surface area contributed by atoms with Crippen molar-refractivity contribution in [3.05, 3.63) is 34.3 Å². The molecule has 0 aromatic carbocycles. The van der Waals surface area contributed by atoms with E-state index >= 15 is 0 Å². The van der Waals surface area contributed by atoms with Crippen molar-refractivity contribution in [3.63, 3.8) is 0 Å². The lowest BCUT2D eigenvalue weighted by molar-refractivity contribution is 0.0429. The second-order valence-corrected chi connectivity index (χ2v) is 7.21. The normalized spacial score (nSPS) is 11.3. The Morgan fingerprint density at radius 1 is 1.16 bits per heavy atom. The summed E-state index contributed by atoms with van der Waals surface area (Å²) in [6, 6.07) is 3.07. The number of azide groups is 1. The van der Waals surface area contributed by atoms with Crippen molar-refractivity contribution in [1.29, 1.82) is 0 Å². The maximum absolute atomic E-state index is 12.5. The van der Waals surface area contributed by atoms with Crippen LogP contribution in [-0.2, 0) is 16.0 Å². The minimum Gasteiger partial charge on any atom is -0.443 e. The number of aromatic nitrogens is 1. The summed E-state index contributed by atoms with van der Waals surface area (Å²) in [7, 11) is 0. The Kier molecular flexibility index (Phi) is 6.36. The number of imide groups is 1. The number of anilines is 1. The van der Waals surface area contributed by atoms with E-state index in [1.807, 2.05) is 0 Å². The molecule has 1 rings (SSSR count). The summed E-state index contributed by atoms with van der Waals surface area (Å²) in [6.45, 7) is 10.2. The standard InChI is InChI=1S/C16H23N5O4/c1-15(2,3)24-13(22)21(14(23)25-16(4,5)6)12-9-11(7-8-18-12)10-19-20-17/h7-9H,10H2,1-6H3. The maximum atomic E-state index is 12.5. The molecule has 1 aromatic rings. The summed E-state index contributed by atoms with van der Waals surface area (Å²) >= 11 is 0. The van der Waals surface area contributed by atoms with Gasteiger partial charge in [-0.15, -0.1) is 0 Å². The van der Waals surface area contributed by atoms with Gasteiger partial charge in [0.25, 0.3) is 0 Å². The molecule has 0 unspecified atom stereocenters. The maximum Gasteiger partial charge on any atom is 0.425 e. The largest absolute Gasteiger partial charge is 0.443 e. The molecular weight excluding hydrogens is 326 g/mol. The molecule has 0 N–H and O–H groups in total. The Hall–Kier alpha value is -2.80. The molecule has 0 aliphatic carbocycles. The zero-order valence-corrected chi connectivity index (χ0v) is 15.3. The molecule has 1 aromatic heterocycles. The molecule has 0 aliphatic heterocycles. The molecule has 0 saturated carbocycles. The molecule has 1 heterocycles. The highest BCUT2D eigenvalue weighted by Crippen LogP contribution is 2.21. The molecule has 0 atom stereocenters. The van der Waals surface area contributed by atoms with Crippen LogP contribution in [-0.4, -0.2) is 28.4 Å². The average molecular weight is 349 g/mol. The zero-order valence-electron chi connectivity index (χ0n) is 15.3. The first-order valence-electron chi connectivity index (χ1n) is 7.65. The van der Waals surface area contributed by atoms with E-state index in [4.69, 9.17) is 15.0 Å². The highest BCUT2D eigenvalue weighted by atomic mass is 16.6. The van der Waals surface area contributed by atoms with Gasteiger partial charge in [0.2, 0.25) is 0 Å². The fourth-order valence-electron chi connectivity index (χ4n) is 1.67. The van der Waals surface area contributed by atoms with E-state index in [0.29, 0.717) is 5.56 Å². The van der Waals surface area contributed by atoms with Gasteiger partial charge in [-0.2, -0.15) is 4.90 Å². The first kappa shape index (κ1) is 20.2. The van der Waals surface area contributed by atoms with Gasteiger partial charge in [-0.25, -0.2) is 14.6 Å². The minimum atomic E-state index is -0.907. The summed E-state index contributed by atoms with van der Waals surface area (Å²) in [5.41, 5.74) is 7.39. The third-order valence-corrected chi connectivity index (χ3v) is 2.51. The van der Waals surface area contributed by atoms with E-state index in [2.05, 4.69) is 15.0 Å². The van der Waals surface area contributed by atoms with Crippen LogP contribution in [0.4, 0.5) is 15.4 Å². The van der Waals surface area contributed by atoms with E-state index in [-0.39, 0.29) is 12.4 Å². The van der Waals surface area contributed by atoms with Crippen molar-refractivity contribution < 1.29 is 19.1 Å². The summed E-state index contributed by atoms with van der Waals surface area (Å²) < 4.78 is 10.6. The summed E-state index contributed by atoms with van der Waals surface area (Å²) in [6.07, 6.45) is -0.412. The van der Waals surface area contributed by atoms with Crippen LogP contribution >= 0.6 is 0 Å². The fourth-order valence-corrected chi connectivity index (χ4v) is 1.67. The van der Waals surface area contributed by atoms with E-state index in [0.717, 1.165) is 4.90 Å². The van der Waals surface area contributed by atoms with Crippen molar-refractivity contribution in [1.82, 2.24) is 4.98 Å². The van der Waals surface area contributed by atoms with E-state index in [9.17, 15) is 9.59 Å². The highest BCUT2D eigenvalue weighted by molar-refractivity contribution is 6.08. The van der Waals surface area contributed by atoms with Gasteiger partial charge in [-0.1, -0.05) is 5.11 Å². The van der Waals surface area contributed by atoms with Crippen LogP contribution in [0.15, 0.2) is 23.4 Å². The van der Waals surface area contributed by atoms with Gasteiger partial charge in [0.15, 0.2) is 0 Å². The van der Waals surface area contributed by atoms with Crippen LogP contribution in [0.1, 0.15) is 47.1 Å². The van der Waals surface area contributed by atoms with Crippen molar-refractivity contribution in [2.45, 2.75) is 59.3 Å². The van der Waals surface area contributed by atoms with Crippen molar-refractivity contribution in [3.8, 4) is 0 Å². The lowest BCUT2D eigenvalue weighted by Gasteiger charge is -2.28. The quantitative estimate of drug-likeness (QED) is 0.450. The monoisotopic (exact) mass is 349 g/mol. The molecule has 0 bridgehead atoms. The summed E-state index contributed by atoms with van der Waals surface area (Å²) in [5.74, 6) is 0.0224. The predicted octanol–water partition coefficient (Wildman–Crippen LogP) is 4.57. The number of ether oxygens (including phenoxy) is 2. The second kappa shape index (κ2) is 7.85. The van der Waals surface area contributed by atoms with Crippen molar-refractivity contribution in [2.75, 3.05) is 4.90 Å². The number of nitrogens with zero attached hydrogens (tertiary/aromatic N) is 5. The molecule has 9 nitrogen and oxygen atoms in total. The lowest BCUT2D eigenvalue weighted by Crippen LogP contribution is -2.44. The van der Waals surface area contributed by atoms with E-state index in [1.54, 1.807) is 47.6 Å². The molecule has 2 amide bonds. The van der Waals surface area contributed by atoms with Gasteiger partial charge in [0.1, 0.15) is 17.0 Å². The molecular formula is C16H23N5O4. The third kappa shape index (κ3) is 7.09. The SMILES string of the molecule is CC(C)(C)OC(=O)N(C(=O)OC(C)(C)C)c1cc(CN=[N+]=[N-])ccn1. The van der Waals surface area contributed by atoms with Crippen LogP contribution in [0.25, 0.3) is 10.4 Å². The molecule has 0 spiro atoms. The van der Waals surface area contributed by atoms with Crippen LogP contribution in [0.2, 0.25) is 0 Å². The number of carbonyl (C=O) groups excluding carboxylic acids is 2. The molecule has 0 radical (unpaired) electrons. The average Bonchev–Trinajstić information content (AvgIpc) is 2.41. The fraction of sp³-hybridized carbons (Fsp3) is 0.562. The Morgan fingerprint density at radius 2 is 1.68 bits per heavy atom. The Morgan fingerprint density at radius 3 is 2.12 bits per heavy atom.